The van der Waals surface area contributed by atoms with Gasteiger partial charge in [0, 0.05) is 6.07 Å². The van der Waals surface area contributed by atoms with Crippen molar-refractivity contribution in [1.82, 2.24) is 0 Å². The number of amides is 1. The van der Waals surface area contributed by atoms with Gasteiger partial charge in [0.1, 0.15) is 5.69 Å². The van der Waals surface area contributed by atoms with Crippen LogP contribution in [0.2, 0.25) is 0 Å². The number of nitro groups is 1. The van der Waals surface area contributed by atoms with E-state index in [1.807, 2.05) is 6.92 Å². The summed E-state index contributed by atoms with van der Waals surface area (Å²) in [6.07, 6.45) is 0.781. The lowest BCUT2D eigenvalue weighted by molar-refractivity contribution is -0.384. The van der Waals surface area contributed by atoms with E-state index in [0.717, 1.165) is 6.42 Å². The van der Waals surface area contributed by atoms with E-state index in [1.54, 1.807) is 13.0 Å². The van der Waals surface area contributed by atoms with Crippen molar-refractivity contribution >= 4 is 23.3 Å². The molecule has 1 aromatic rings. The summed E-state index contributed by atoms with van der Waals surface area (Å²) < 4.78 is 4.89. The number of nitro benzene ring substituents is 1. The number of anilines is 1. The van der Waals surface area contributed by atoms with Crippen LogP contribution in [0.3, 0.4) is 0 Å². The van der Waals surface area contributed by atoms with Gasteiger partial charge in [-0.2, -0.15) is 0 Å². The second-order valence-electron chi connectivity index (χ2n) is 5.20. The number of ether oxygens (including phenoxy) is 1. The van der Waals surface area contributed by atoms with Gasteiger partial charge in [0.2, 0.25) is 0 Å². The maximum atomic E-state index is 11.8. The van der Waals surface area contributed by atoms with Gasteiger partial charge in [-0.1, -0.05) is 19.1 Å². The number of nitrogens with one attached hydrogen (secondary N) is 1. The van der Waals surface area contributed by atoms with Crippen molar-refractivity contribution in [2.45, 2.75) is 20.3 Å². The molecule has 0 aromatic heterocycles. The Morgan fingerprint density at radius 2 is 2.14 bits per heavy atom. The van der Waals surface area contributed by atoms with Crippen LogP contribution >= 0.6 is 0 Å². The van der Waals surface area contributed by atoms with Gasteiger partial charge in [0.25, 0.3) is 11.6 Å². The molecule has 0 bridgehead atoms. The Morgan fingerprint density at radius 3 is 2.71 bits per heavy atom. The standard InChI is InChI=1S/C14H16N2O5/c1-8-4-3-5-11(16(19)20)13(8)15-12(17)7-21-14(18)10-6-9(10)2/h3-5,9-10H,6-7H2,1-2H3,(H,15,17)/t9-,10-/m1/s1. The first-order valence-electron chi connectivity index (χ1n) is 6.60. The Bertz CT molecular complexity index is 599. The Hall–Kier alpha value is -2.44. The first kappa shape index (κ1) is 15.0. The van der Waals surface area contributed by atoms with Crippen LogP contribution < -0.4 is 5.32 Å². The predicted molar refractivity (Wildman–Crippen MR) is 74.7 cm³/mol. The topological polar surface area (TPSA) is 98.5 Å². The van der Waals surface area contributed by atoms with Crippen molar-refractivity contribution in [3.63, 3.8) is 0 Å². The van der Waals surface area contributed by atoms with E-state index in [-0.39, 0.29) is 17.3 Å². The van der Waals surface area contributed by atoms with Gasteiger partial charge < -0.3 is 10.1 Å². The van der Waals surface area contributed by atoms with E-state index in [1.165, 1.54) is 12.1 Å². The van der Waals surface area contributed by atoms with Crippen molar-refractivity contribution in [3.8, 4) is 0 Å². The summed E-state index contributed by atoms with van der Waals surface area (Å²) in [6, 6.07) is 4.50. The van der Waals surface area contributed by atoms with Crippen LogP contribution in [-0.2, 0) is 14.3 Å². The van der Waals surface area contributed by atoms with Gasteiger partial charge in [0.15, 0.2) is 6.61 Å². The number of rotatable bonds is 5. The average molecular weight is 292 g/mol. The lowest BCUT2D eigenvalue weighted by atomic mass is 10.1. The van der Waals surface area contributed by atoms with Gasteiger partial charge >= 0.3 is 5.97 Å². The highest BCUT2D eigenvalue weighted by molar-refractivity contribution is 5.95. The molecule has 0 heterocycles. The first-order valence-corrected chi connectivity index (χ1v) is 6.60. The minimum Gasteiger partial charge on any atom is -0.455 e. The highest BCUT2D eigenvalue weighted by Crippen LogP contribution is 2.38. The zero-order valence-electron chi connectivity index (χ0n) is 11.8. The fourth-order valence-electron chi connectivity index (χ4n) is 2.04. The Balaban J connectivity index is 1.96. The minimum atomic E-state index is -0.589. The number of carbonyl (C=O) groups is 2. The van der Waals surface area contributed by atoms with Gasteiger partial charge in [0.05, 0.1) is 10.8 Å². The number of hydrogen-bond acceptors (Lipinski definition) is 5. The molecule has 1 saturated carbocycles. The molecule has 1 aliphatic carbocycles. The Kier molecular flexibility index (Phi) is 4.21. The fraction of sp³-hybridized carbons (Fsp3) is 0.429. The van der Waals surface area contributed by atoms with Crippen molar-refractivity contribution in [3.05, 3.63) is 33.9 Å². The van der Waals surface area contributed by atoms with E-state index >= 15 is 0 Å². The third-order valence-electron chi connectivity index (χ3n) is 3.47. The summed E-state index contributed by atoms with van der Waals surface area (Å²) in [6.45, 7) is 3.15. The fourth-order valence-corrected chi connectivity index (χ4v) is 2.04. The molecule has 0 aliphatic heterocycles. The molecule has 0 saturated heterocycles. The van der Waals surface area contributed by atoms with E-state index in [4.69, 9.17) is 4.74 Å². The molecule has 21 heavy (non-hydrogen) atoms. The molecule has 7 nitrogen and oxygen atoms in total. The second kappa shape index (κ2) is 5.90. The molecule has 1 aliphatic rings. The highest BCUT2D eigenvalue weighted by atomic mass is 16.6. The predicted octanol–water partition coefficient (Wildman–Crippen LogP) is 2.04. The summed E-state index contributed by atoms with van der Waals surface area (Å²) in [5.74, 6) is -0.797. The number of benzene rings is 1. The van der Waals surface area contributed by atoms with Crippen LogP contribution in [0.25, 0.3) is 0 Å². The van der Waals surface area contributed by atoms with Crippen LogP contribution in [0, 0.1) is 28.9 Å². The molecular weight excluding hydrogens is 276 g/mol. The Labute approximate surface area is 121 Å². The molecule has 1 fully saturated rings. The van der Waals surface area contributed by atoms with Crippen LogP contribution in [0.15, 0.2) is 18.2 Å². The number of nitrogens with zero attached hydrogens (tertiary/aromatic N) is 1. The van der Waals surface area contributed by atoms with E-state index < -0.39 is 23.4 Å². The third-order valence-corrected chi connectivity index (χ3v) is 3.47. The van der Waals surface area contributed by atoms with Gasteiger partial charge in [-0.05, 0) is 24.8 Å². The lowest BCUT2D eigenvalue weighted by Crippen LogP contribution is -2.22. The smallest absolute Gasteiger partial charge is 0.309 e. The number of para-hydroxylation sites is 1. The van der Waals surface area contributed by atoms with Crippen LogP contribution in [-0.4, -0.2) is 23.4 Å². The molecule has 1 N–H and O–H groups in total. The third kappa shape index (κ3) is 3.56. The normalized spacial score (nSPS) is 19.7. The lowest BCUT2D eigenvalue weighted by Gasteiger charge is -2.09. The Morgan fingerprint density at radius 1 is 1.48 bits per heavy atom. The zero-order valence-corrected chi connectivity index (χ0v) is 11.8. The van der Waals surface area contributed by atoms with Crippen LogP contribution in [0.5, 0.6) is 0 Å². The molecule has 1 amide bonds. The minimum absolute atomic E-state index is 0.120. The zero-order chi connectivity index (χ0) is 15.6. The molecule has 112 valence electrons. The maximum absolute atomic E-state index is 11.8. The molecule has 7 heteroatoms. The molecule has 0 radical (unpaired) electrons. The molecule has 1 aromatic carbocycles. The number of carbonyl (C=O) groups excluding carboxylic acids is 2. The maximum Gasteiger partial charge on any atom is 0.309 e. The van der Waals surface area contributed by atoms with E-state index in [9.17, 15) is 19.7 Å². The molecular formula is C14H16N2O5. The number of aryl methyl sites for hydroxylation is 1. The van der Waals surface area contributed by atoms with Crippen LogP contribution in [0.4, 0.5) is 11.4 Å². The summed E-state index contributed by atoms with van der Waals surface area (Å²) in [5, 5.41) is 13.4. The monoisotopic (exact) mass is 292 g/mol. The van der Waals surface area contributed by atoms with Crippen molar-refractivity contribution < 1.29 is 19.2 Å². The van der Waals surface area contributed by atoms with Gasteiger partial charge in [-0.25, -0.2) is 0 Å². The second-order valence-corrected chi connectivity index (χ2v) is 5.20. The van der Waals surface area contributed by atoms with Crippen molar-refractivity contribution in [2.24, 2.45) is 11.8 Å². The summed E-state index contributed by atoms with van der Waals surface area (Å²) >= 11 is 0. The SMILES string of the molecule is Cc1cccc([N+](=O)[O-])c1NC(=O)COC(=O)[C@@H]1C[C@H]1C. The van der Waals surface area contributed by atoms with Crippen molar-refractivity contribution in [1.29, 1.82) is 0 Å². The largest absolute Gasteiger partial charge is 0.455 e. The molecule has 0 spiro atoms. The quantitative estimate of drug-likeness (QED) is 0.508. The number of hydrogen-bond donors (Lipinski definition) is 1. The van der Waals surface area contributed by atoms with Crippen molar-refractivity contribution in [2.75, 3.05) is 11.9 Å². The van der Waals surface area contributed by atoms with E-state index in [0.29, 0.717) is 11.5 Å². The van der Waals surface area contributed by atoms with Crippen LogP contribution in [0.1, 0.15) is 18.9 Å². The number of esters is 1. The first-order chi connectivity index (χ1) is 9.90. The van der Waals surface area contributed by atoms with Gasteiger partial charge in [-0.15, -0.1) is 0 Å². The van der Waals surface area contributed by atoms with E-state index in [2.05, 4.69) is 5.32 Å². The summed E-state index contributed by atoms with van der Waals surface area (Å²) in [5.41, 5.74) is 0.508. The highest BCUT2D eigenvalue weighted by Gasteiger charge is 2.40. The van der Waals surface area contributed by atoms with Gasteiger partial charge in [-0.3, -0.25) is 19.7 Å². The molecule has 2 atom stereocenters. The summed E-state index contributed by atoms with van der Waals surface area (Å²) in [4.78, 5) is 33.6. The molecule has 2 rings (SSSR count). The molecule has 0 unspecified atom stereocenters. The summed E-state index contributed by atoms with van der Waals surface area (Å²) in [7, 11) is 0. The average Bonchev–Trinajstić information content (AvgIpc) is 3.15.